The minimum atomic E-state index is -3.99. The average Bonchev–Trinajstić information content (AvgIpc) is 3.44. The molecule has 3 aromatic rings. The molecule has 2 aromatic carbocycles. The van der Waals surface area contributed by atoms with Gasteiger partial charge in [0.2, 0.25) is 21.8 Å². The van der Waals surface area contributed by atoms with E-state index in [1.54, 1.807) is 60.8 Å². The summed E-state index contributed by atoms with van der Waals surface area (Å²) in [5.41, 5.74) is -1.17. The van der Waals surface area contributed by atoms with E-state index < -0.39 is 79.7 Å². The summed E-state index contributed by atoms with van der Waals surface area (Å²) in [7, 11) is -2.42. The molecule has 3 aliphatic rings. The van der Waals surface area contributed by atoms with Crippen LogP contribution in [0.5, 0.6) is 11.5 Å². The van der Waals surface area contributed by atoms with Crippen molar-refractivity contribution >= 4 is 44.7 Å². The van der Waals surface area contributed by atoms with Gasteiger partial charge in [0.05, 0.1) is 30.1 Å². The molecule has 0 radical (unpaired) electrons. The summed E-state index contributed by atoms with van der Waals surface area (Å²) in [6.45, 7) is 14.3. The number of rotatable bonds is 12. The molecule has 1 saturated heterocycles. The normalized spacial score (nSPS) is 22.8. The molecule has 3 fully saturated rings. The Bertz CT molecular complexity index is 2180. The molecule has 2 saturated carbocycles. The summed E-state index contributed by atoms with van der Waals surface area (Å²) in [6, 6.07) is 14.5. The molecule has 0 bridgehead atoms. The number of amides is 4. The van der Waals surface area contributed by atoms with Crippen LogP contribution in [0.4, 0.5) is 4.79 Å². The van der Waals surface area contributed by atoms with Crippen molar-refractivity contribution in [3.63, 3.8) is 0 Å². The fraction of sp³-hybridized carbons (Fsp3) is 0.512. The summed E-state index contributed by atoms with van der Waals surface area (Å²) in [4.78, 5) is 62.4. The van der Waals surface area contributed by atoms with Crippen molar-refractivity contribution in [2.45, 2.75) is 115 Å². The molecule has 14 nitrogen and oxygen atoms in total. The monoisotopic (exact) mass is 817 g/mol. The molecule has 5 atom stereocenters. The summed E-state index contributed by atoms with van der Waals surface area (Å²) in [5, 5.41) is 5.56. The van der Waals surface area contributed by atoms with E-state index in [1.807, 2.05) is 42.5 Å². The second-order valence-corrected chi connectivity index (χ2v) is 19.5. The number of hydrogen-bond donors (Lipinski definition) is 3. The van der Waals surface area contributed by atoms with Crippen LogP contribution in [0.15, 0.2) is 67.3 Å². The summed E-state index contributed by atoms with van der Waals surface area (Å²) in [5.74, 6) is -1.55. The van der Waals surface area contributed by atoms with Crippen LogP contribution < -0.4 is 24.8 Å². The van der Waals surface area contributed by atoms with E-state index in [0.717, 1.165) is 18.4 Å². The number of likely N-dealkylation sites (tertiary alicyclic amines) is 1. The fourth-order valence-electron chi connectivity index (χ4n) is 7.79. The number of benzene rings is 2. The maximum absolute atomic E-state index is 14.7. The lowest BCUT2D eigenvalue weighted by Crippen LogP contribution is -2.60. The van der Waals surface area contributed by atoms with E-state index in [1.165, 1.54) is 11.0 Å². The molecule has 2 aliphatic carbocycles. The molecule has 15 heteroatoms. The number of fused-ring (bicyclic) bond motifs is 1. The minimum absolute atomic E-state index is 0.0122. The second kappa shape index (κ2) is 16.2. The van der Waals surface area contributed by atoms with E-state index in [0.29, 0.717) is 40.9 Å². The Morgan fingerprint density at radius 3 is 2.29 bits per heavy atom. The SMILES string of the molecule is C=CC1C[C@]1(NC(=O)[C@@H]1C[C@@H](Oc2cc(-c3ccccc3)nc3cc(OC)ccc23)CN1C(=O)[C@@H](NC(=O)OC(C)(C)C)C(C)(C)C)C(=O)NS(=O)(=O)C1CCCC1. The Kier molecular flexibility index (Phi) is 11.9. The van der Waals surface area contributed by atoms with Crippen LogP contribution in [-0.4, -0.2) is 90.3 Å². The van der Waals surface area contributed by atoms with Crippen molar-refractivity contribution in [3.05, 3.63) is 67.3 Å². The molecule has 1 aliphatic heterocycles. The van der Waals surface area contributed by atoms with E-state index in [2.05, 4.69) is 21.9 Å². The molecule has 58 heavy (non-hydrogen) atoms. The molecule has 0 spiro atoms. The average molecular weight is 818 g/mol. The molecule has 3 N–H and O–H groups in total. The highest BCUT2D eigenvalue weighted by Gasteiger charge is 2.62. The number of sulfonamides is 1. The van der Waals surface area contributed by atoms with E-state index in [9.17, 15) is 27.6 Å². The van der Waals surface area contributed by atoms with E-state index in [-0.39, 0.29) is 19.4 Å². The minimum Gasteiger partial charge on any atom is -0.497 e. The highest BCUT2D eigenvalue weighted by molar-refractivity contribution is 7.90. The van der Waals surface area contributed by atoms with Crippen molar-refractivity contribution in [1.82, 2.24) is 25.2 Å². The van der Waals surface area contributed by atoms with Crippen LogP contribution in [0.1, 0.15) is 80.1 Å². The molecular formula is C43H55N5O9S. The number of hydrogen-bond acceptors (Lipinski definition) is 10. The lowest BCUT2D eigenvalue weighted by Gasteiger charge is -2.36. The Morgan fingerprint density at radius 1 is 1.00 bits per heavy atom. The predicted octanol–water partition coefficient (Wildman–Crippen LogP) is 5.65. The molecular weight excluding hydrogens is 763 g/mol. The third-order valence-electron chi connectivity index (χ3n) is 11.0. The topological polar surface area (TPSA) is 182 Å². The Labute approximate surface area is 340 Å². The number of nitrogens with one attached hydrogen (secondary N) is 3. The summed E-state index contributed by atoms with van der Waals surface area (Å²) < 4.78 is 46.4. The van der Waals surface area contributed by atoms with Crippen molar-refractivity contribution in [2.24, 2.45) is 11.3 Å². The lowest BCUT2D eigenvalue weighted by atomic mass is 9.85. The Morgan fingerprint density at radius 2 is 1.69 bits per heavy atom. The third kappa shape index (κ3) is 9.24. The fourth-order valence-corrected chi connectivity index (χ4v) is 9.35. The van der Waals surface area contributed by atoms with Gasteiger partial charge in [-0.2, -0.15) is 0 Å². The number of methoxy groups -OCH3 is 1. The number of aromatic nitrogens is 1. The first-order valence-corrected chi connectivity index (χ1v) is 21.3. The standard InChI is InChI=1S/C43H55N5O9S/c1-9-27-24-43(27,39(51)47-58(53,54)30-17-13-14-18-30)46-37(49)34-22-29(25-48(34)38(50)36(41(2,3)4)45-40(52)57-42(5,6)7)56-35-23-32(26-15-11-10-12-16-26)44-33-21-28(55-8)19-20-31(33)35/h9-12,15-16,19-21,23,27,29-30,34,36H,1,13-14,17-18,22,24-25H2,2-8H3,(H,45,52)(H,46,49)(H,47,51)/t27?,29-,34+,36-,43-/m1/s1. The van der Waals surface area contributed by atoms with Gasteiger partial charge >= 0.3 is 6.09 Å². The van der Waals surface area contributed by atoms with Gasteiger partial charge in [-0.15, -0.1) is 6.58 Å². The first-order valence-electron chi connectivity index (χ1n) is 19.8. The van der Waals surface area contributed by atoms with Gasteiger partial charge in [-0.3, -0.25) is 19.1 Å². The number of carbonyl (C=O) groups is 4. The van der Waals surface area contributed by atoms with Gasteiger partial charge in [0.15, 0.2) is 0 Å². The Hall–Kier alpha value is -5.18. The van der Waals surface area contributed by atoms with Crippen LogP contribution in [-0.2, 0) is 29.1 Å². The first-order chi connectivity index (χ1) is 27.2. The van der Waals surface area contributed by atoms with E-state index in [4.69, 9.17) is 19.2 Å². The zero-order valence-electron chi connectivity index (χ0n) is 34.3. The largest absolute Gasteiger partial charge is 0.497 e. The van der Waals surface area contributed by atoms with Gasteiger partial charge in [-0.05, 0) is 57.6 Å². The van der Waals surface area contributed by atoms with Gasteiger partial charge in [0, 0.05) is 35.4 Å². The molecule has 1 aromatic heterocycles. The quantitative estimate of drug-likeness (QED) is 0.193. The van der Waals surface area contributed by atoms with Crippen LogP contribution >= 0.6 is 0 Å². The van der Waals surface area contributed by atoms with E-state index >= 15 is 0 Å². The summed E-state index contributed by atoms with van der Waals surface area (Å²) >= 11 is 0. The van der Waals surface area contributed by atoms with Gasteiger partial charge in [0.1, 0.15) is 40.8 Å². The lowest BCUT2D eigenvalue weighted by molar-refractivity contribution is -0.143. The van der Waals surface area contributed by atoms with Gasteiger partial charge in [-0.25, -0.2) is 18.2 Å². The molecule has 1 unspecified atom stereocenters. The molecule has 6 rings (SSSR count). The number of alkyl carbamates (subject to hydrolysis) is 1. The van der Waals surface area contributed by atoms with Gasteiger partial charge in [0.25, 0.3) is 5.91 Å². The van der Waals surface area contributed by atoms with Gasteiger partial charge in [-0.1, -0.05) is 70.0 Å². The smallest absolute Gasteiger partial charge is 0.408 e. The van der Waals surface area contributed by atoms with Crippen molar-refractivity contribution in [1.29, 1.82) is 0 Å². The van der Waals surface area contributed by atoms with Crippen LogP contribution in [0.25, 0.3) is 22.2 Å². The Balaban J connectivity index is 1.34. The van der Waals surface area contributed by atoms with Crippen LogP contribution in [0, 0.1) is 11.3 Å². The number of carbonyl (C=O) groups excluding carboxylic acids is 4. The van der Waals surface area contributed by atoms with Crippen molar-refractivity contribution < 1.29 is 41.8 Å². The zero-order valence-corrected chi connectivity index (χ0v) is 35.1. The first kappa shape index (κ1) is 42.4. The van der Waals surface area contributed by atoms with Gasteiger partial charge < -0.3 is 29.7 Å². The van der Waals surface area contributed by atoms with Crippen molar-refractivity contribution in [2.75, 3.05) is 13.7 Å². The van der Waals surface area contributed by atoms with Crippen LogP contribution in [0.3, 0.4) is 0 Å². The zero-order chi connectivity index (χ0) is 42.2. The molecule has 2 heterocycles. The second-order valence-electron chi connectivity index (χ2n) is 17.6. The number of pyridine rings is 1. The number of ether oxygens (including phenoxy) is 3. The number of nitrogens with zero attached hydrogens (tertiary/aromatic N) is 2. The highest BCUT2D eigenvalue weighted by Crippen LogP contribution is 2.45. The van der Waals surface area contributed by atoms with Crippen molar-refractivity contribution in [3.8, 4) is 22.8 Å². The summed E-state index contributed by atoms with van der Waals surface area (Å²) in [6.07, 6.45) is 2.53. The predicted molar refractivity (Wildman–Crippen MR) is 219 cm³/mol. The maximum Gasteiger partial charge on any atom is 0.408 e. The highest BCUT2D eigenvalue weighted by atomic mass is 32.2. The molecule has 4 amide bonds. The van der Waals surface area contributed by atoms with Crippen LogP contribution in [0.2, 0.25) is 0 Å². The maximum atomic E-state index is 14.7. The molecule has 312 valence electrons. The third-order valence-corrected chi connectivity index (χ3v) is 12.8.